The van der Waals surface area contributed by atoms with Gasteiger partial charge >= 0.3 is 0 Å². The van der Waals surface area contributed by atoms with Gasteiger partial charge in [0.05, 0.1) is 6.10 Å². The molecule has 1 nitrogen and oxygen atoms in total. The summed E-state index contributed by atoms with van der Waals surface area (Å²) in [4.78, 5) is 0. The summed E-state index contributed by atoms with van der Waals surface area (Å²) in [5.74, 6) is 1.63. The standard InChI is InChI=1S/C11H24O/c1-9(2)8-10(3)6-5-7-11(4)12/h9-12H,5-8H2,1-4H3/t10-,11-/m0/s1. The molecule has 0 saturated carbocycles. The molecule has 74 valence electrons. The first-order valence-corrected chi connectivity index (χ1v) is 5.20. The van der Waals surface area contributed by atoms with Crippen molar-refractivity contribution in [3.05, 3.63) is 0 Å². The van der Waals surface area contributed by atoms with Crippen LogP contribution in [-0.2, 0) is 0 Å². The van der Waals surface area contributed by atoms with E-state index in [1.807, 2.05) is 6.92 Å². The van der Waals surface area contributed by atoms with Gasteiger partial charge in [0.2, 0.25) is 0 Å². The number of hydrogen-bond donors (Lipinski definition) is 1. The Morgan fingerprint density at radius 2 is 1.58 bits per heavy atom. The highest BCUT2D eigenvalue weighted by molar-refractivity contribution is 4.57. The molecule has 0 spiro atoms. The zero-order chi connectivity index (χ0) is 9.56. The molecule has 0 heterocycles. The van der Waals surface area contributed by atoms with Gasteiger partial charge in [-0.15, -0.1) is 0 Å². The summed E-state index contributed by atoms with van der Waals surface area (Å²) in [5.41, 5.74) is 0. The van der Waals surface area contributed by atoms with Crippen molar-refractivity contribution in [3.8, 4) is 0 Å². The van der Waals surface area contributed by atoms with Crippen LogP contribution in [0, 0.1) is 11.8 Å². The van der Waals surface area contributed by atoms with Crippen molar-refractivity contribution in [1.29, 1.82) is 0 Å². The quantitative estimate of drug-likeness (QED) is 0.652. The minimum absolute atomic E-state index is 0.115. The minimum Gasteiger partial charge on any atom is -0.393 e. The largest absolute Gasteiger partial charge is 0.393 e. The fourth-order valence-electron chi connectivity index (χ4n) is 1.68. The van der Waals surface area contributed by atoms with Crippen LogP contribution in [0.3, 0.4) is 0 Å². The predicted octanol–water partition coefficient (Wildman–Crippen LogP) is 3.22. The van der Waals surface area contributed by atoms with Crippen LogP contribution in [0.5, 0.6) is 0 Å². The molecule has 0 fully saturated rings. The van der Waals surface area contributed by atoms with E-state index in [9.17, 15) is 0 Å². The first-order chi connectivity index (χ1) is 5.52. The number of hydrogen-bond acceptors (Lipinski definition) is 1. The van der Waals surface area contributed by atoms with Crippen LogP contribution >= 0.6 is 0 Å². The SMILES string of the molecule is CC(C)C[C@@H](C)CCC[C@H](C)O. The van der Waals surface area contributed by atoms with Crippen molar-refractivity contribution in [2.45, 2.75) is 59.5 Å². The van der Waals surface area contributed by atoms with Crippen LogP contribution in [0.2, 0.25) is 0 Å². The van der Waals surface area contributed by atoms with Gasteiger partial charge in [0.15, 0.2) is 0 Å². The van der Waals surface area contributed by atoms with E-state index in [4.69, 9.17) is 5.11 Å². The third-order valence-corrected chi connectivity index (χ3v) is 2.19. The molecule has 0 rings (SSSR count). The van der Waals surface area contributed by atoms with Crippen molar-refractivity contribution in [3.63, 3.8) is 0 Å². The molecule has 0 radical (unpaired) electrons. The Kier molecular flexibility index (Phi) is 6.45. The second-order valence-electron chi connectivity index (χ2n) is 4.51. The van der Waals surface area contributed by atoms with Gasteiger partial charge in [-0.05, 0) is 31.6 Å². The topological polar surface area (TPSA) is 20.2 Å². The van der Waals surface area contributed by atoms with Gasteiger partial charge in [-0.2, -0.15) is 0 Å². The van der Waals surface area contributed by atoms with Crippen molar-refractivity contribution in [2.75, 3.05) is 0 Å². The maximum absolute atomic E-state index is 9.05. The Hall–Kier alpha value is -0.0400. The van der Waals surface area contributed by atoms with Crippen LogP contribution in [0.4, 0.5) is 0 Å². The minimum atomic E-state index is -0.115. The lowest BCUT2D eigenvalue weighted by molar-refractivity contribution is 0.177. The van der Waals surface area contributed by atoms with Crippen LogP contribution in [0.25, 0.3) is 0 Å². The summed E-state index contributed by atoms with van der Waals surface area (Å²) < 4.78 is 0. The van der Waals surface area contributed by atoms with Crippen LogP contribution in [0.15, 0.2) is 0 Å². The van der Waals surface area contributed by atoms with Crippen molar-refractivity contribution >= 4 is 0 Å². The maximum atomic E-state index is 9.05. The zero-order valence-corrected chi connectivity index (χ0v) is 9.01. The second-order valence-corrected chi connectivity index (χ2v) is 4.51. The first-order valence-electron chi connectivity index (χ1n) is 5.20. The van der Waals surface area contributed by atoms with E-state index in [0.717, 1.165) is 18.3 Å². The average Bonchev–Trinajstić information content (AvgIpc) is 1.84. The summed E-state index contributed by atoms with van der Waals surface area (Å²) in [7, 11) is 0. The van der Waals surface area contributed by atoms with Gasteiger partial charge in [-0.1, -0.05) is 33.6 Å². The molecule has 0 saturated heterocycles. The Labute approximate surface area is 77.2 Å². The van der Waals surface area contributed by atoms with Gasteiger partial charge in [0.1, 0.15) is 0 Å². The van der Waals surface area contributed by atoms with E-state index in [0.29, 0.717) is 0 Å². The summed E-state index contributed by atoms with van der Waals surface area (Å²) in [6, 6.07) is 0. The smallest absolute Gasteiger partial charge is 0.0512 e. The van der Waals surface area contributed by atoms with E-state index in [1.54, 1.807) is 0 Å². The monoisotopic (exact) mass is 172 g/mol. The Morgan fingerprint density at radius 3 is 2.00 bits per heavy atom. The van der Waals surface area contributed by atoms with E-state index >= 15 is 0 Å². The Bertz CT molecular complexity index is 97.2. The molecule has 0 aliphatic heterocycles. The molecule has 2 atom stereocenters. The number of rotatable bonds is 6. The highest BCUT2D eigenvalue weighted by Gasteiger charge is 2.05. The van der Waals surface area contributed by atoms with Gasteiger partial charge < -0.3 is 5.11 Å². The first kappa shape index (κ1) is 12.0. The molecular weight excluding hydrogens is 148 g/mol. The van der Waals surface area contributed by atoms with Gasteiger partial charge in [-0.3, -0.25) is 0 Å². The lowest BCUT2D eigenvalue weighted by atomic mass is 9.94. The molecule has 0 aromatic heterocycles. The molecule has 1 heteroatoms. The number of aliphatic hydroxyl groups is 1. The zero-order valence-electron chi connectivity index (χ0n) is 9.01. The Balaban J connectivity index is 3.25. The fraction of sp³-hybridized carbons (Fsp3) is 1.00. The lowest BCUT2D eigenvalue weighted by Gasteiger charge is -2.13. The third kappa shape index (κ3) is 8.06. The van der Waals surface area contributed by atoms with E-state index in [-0.39, 0.29) is 6.10 Å². The molecule has 0 aromatic carbocycles. The van der Waals surface area contributed by atoms with Gasteiger partial charge in [-0.25, -0.2) is 0 Å². The molecule has 0 bridgehead atoms. The van der Waals surface area contributed by atoms with Crippen LogP contribution < -0.4 is 0 Å². The summed E-state index contributed by atoms with van der Waals surface area (Å²) in [6.07, 6.45) is 4.60. The fourth-order valence-corrected chi connectivity index (χ4v) is 1.68. The van der Waals surface area contributed by atoms with Crippen molar-refractivity contribution < 1.29 is 5.11 Å². The summed E-state index contributed by atoms with van der Waals surface area (Å²) in [5, 5.41) is 9.05. The van der Waals surface area contributed by atoms with Crippen molar-refractivity contribution in [2.24, 2.45) is 11.8 Å². The van der Waals surface area contributed by atoms with Gasteiger partial charge in [0.25, 0.3) is 0 Å². The molecular formula is C11H24O. The molecule has 1 N–H and O–H groups in total. The van der Waals surface area contributed by atoms with E-state index < -0.39 is 0 Å². The van der Waals surface area contributed by atoms with Crippen LogP contribution in [-0.4, -0.2) is 11.2 Å². The maximum Gasteiger partial charge on any atom is 0.0512 e. The van der Waals surface area contributed by atoms with E-state index in [1.165, 1.54) is 19.3 Å². The normalized spacial score (nSPS) is 16.5. The molecule has 0 aliphatic carbocycles. The third-order valence-electron chi connectivity index (χ3n) is 2.19. The molecule has 12 heavy (non-hydrogen) atoms. The molecule has 0 aliphatic rings. The van der Waals surface area contributed by atoms with Crippen LogP contribution in [0.1, 0.15) is 53.4 Å². The van der Waals surface area contributed by atoms with Crippen molar-refractivity contribution in [1.82, 2.24) is 0 Å². The Morgan fingerprint density at radius 1 is 1.00 bits per heavy atom. The molecule has 0 amide bonds. The lowest BCUT2D eigenvalue weighted by Crippen LogP contribution is -2.03. The summed E-state index contributed by atoms with van der Waals surface area (Å²) >= 11 is 0. The molecule has 0 unspecified atom stereocenters. The predicted molar refractivity (Wildman–Crippen MR) is 54.2 cm³/mol. The molecule has 0 aromatic rings. The average molecular weight is 172 g/mol. The highest BCUT2D eigenvalue weighted by atomic mass is 16.3. The highest BCUT2D eigenvalue weighted by Crippen LogP contribution is 2.17. The summed E-state index contributed by atoms with van der Waals surface area (Å²) in [6.45, 7) is 8.71. The number of aliphatic hydroxyl groups excluding tert-OH is 1. The van der Waals surface area contributed by atoms with E-state index in [2.05, 4.69) is 20.8 Å². The van der Waals surface area contributed by atoms with Gasteiger partial charge in [0, 0.05) is 0 Å². The second kappa shape index (κ2) is 6.47.